The maximum atomic E-state index is 12.2. The summed E-state index contributed by atoms with van der Waals surface area (Å²) in [5.74, 6) is -1.19. The van der Waals surface area contributed by atoms with Crippen LogP contribution in [0.1, 0.15) is 16.8 Å². The predicted octanol–water partition coefficient (Wildman–Crippen LogP) is 2.09. The van der Waals surface area contributed by atoms with Crippen molar-refractivity contribution in [2.75, 3.05) is 7.05 Å². The highest BCUT2D eigenvalue weighted by Crippen LogP contribution is 2.17. The summed E-state index contributed by atoms with van der Waals surface area (Å²) < 4.78 is 0. The minimum atomic E-state index is -0.992. The first-order valence-electron chi connectivity index (χ1n) is 6.04. The van der Waals surface area contributed by atoms with Gasteiger partial charge >= 0.3 is 5.97 Å². The summed E-state index contributed by atoms with van der Waals surface area (Å²) in [6, 6.07) is 12.4. The van der Waals surface area contributed by atoms with Crippen LogP contribution in [0.5, 0.6) is 0 Å². The van der Waals surface area contributed by atoms with Crippen molar-refractivity contribution in [3.63, 3.8) is 0 Å². The number of likely N-dealkylation sites (N-methyl/N-ethyl adjacent to an activating group) is 1. The molecule has 98 valence electrons. The van der Waals surface area contributed by atoms with Crippen LogP contribution in [0.2, 0.25) is 0 Å². The number of carboxylic acid groups (broad SMARTS) is 1. The summed E-state index contributed by atoms with van der Waals surface area (Å²) in [7, 11) is 1.59. The van der Waals surface area contributed by atoms with E-state index in [-0.39, 0.29) is 12.2 Å². The third kappa shape index (κ3) is 2.98. The molecule has 0 bridgehead atoms. The molecule has 2 aromatic carbocycles. The van der Waals surface area contributed by atoms with Crippen molar-refractivity contribution in [3.8, 4) is 0 Å². The first kappa shape index (κ1) is 13.2. The topological polar surface area (TPSA) is 66.4 Å². The monoisotopic (exact) mass is 257 g/mol. The van der Waals surface area contributed by atoms with Crippen molar-refractivity contribution >= 4 is 22.5 Å². The van der Waals surface area contributed by atoms with Gasteiger partial charge in [-0.2, -0.15) is 0 Å². The first-order chi connectivity index (χ1) is 9.11. The molecule has 0 spiro atoms. The van der Waals surface area contributed by atoms with E-state index < -0.39 is 12.0 Å². The average Bonchev–Trinajstić information content (AvgIpc) is 2.43. The molecule has 4 heteroatoms. The molecular weight excluding hydrogens is 242 g/mol. The fraction of sp³-hybridized carbons (Fsp3) is 0.200. The number of rotatable bonds is 5. The SMILES string of the molecule is CNC(CC(=O)O)C(=O)c1ccc2ccccc2c1. The lowest BCUT2D eigenvalue weighted by Gasteiger charge is -2.13. The van der Waals surface area contributed by atoms with Crippen molar-refractivity contribution in [2.45, 2.75) is 12.5 Å². The van der Waals surface area contributed by atoms with Crippen LogP contribution >= 0.6 is 0 Å². The van der Waals surface area contributed by atoms with Gasteiger partial charge in [0.15, 0.2) is 5.78 Å². The van der Waals surface area contributed by atoms with Crippen LogP contribution in [0.3, 0.4) is 0 Å². The molecule has 0 radical (unpaired) electrons. The van der Waals surface area contributed by atoms with Crippen molar-refractivity contribution in [1.29, 1.82) is 0 Å². The van der Waals surface area contributed by atoms with Crippen molar-refractivity contribution in [3.05, 3.63) is 48.0 Å². The van der Waals surface area contributed by atoms with Gasteiger partial charge in [0.05, 0.1) is 12.5 Å². The maximum absolute atomic E-state index is 12.2. The predicted molar refractivity (Wildman–Crippen MR) is 73.4 cm³/mol. The Morgan fingerprint density at radius 2 is 1.84 bits per heavy atom. The number of ketones is 1. The zero-order valence-corrected chi connectivity index (χ0v) is 10.6. The zero-order chi connectivity index (χ0) is 13.8. The highest BCUT2D eigenvalue weighted by Gasteiger charge is 2.21. The van der Waals surface area contributed by atoms with Gasteiger partial charge in [0.2, 0.25) is 0 Å². The zero-order valence-electron chi connectivity index (χ0n) is 10.6. The lowest BCUT2D eigenvalue weighted by Crippen LogP contribution is -2.36. The van der Waals surface area contributed by atoms with Gasteiger partial charge in [-0.1, -0.05) is 36.4 Å². The van der Waals surface area contributed by atoms with Crippen LogP contribution < -0.4 is 5.32 Å². The third-order valence-corrected chi connectivity index (χ3v) is 3.08. The highest BCUT2D eigenvalue weighted by molar-refractivity contribution is 6.04. The van der Waals surface area contributed by atoms with E-state index in [9.17, 15) is 9.59 Å². The number of benzene rings is 2. The lowest BCUT2D eigenvalue weighted by molar-refractivity contribution is -0.137. The quantitative estimate of drug-likeness (QED) is 0.805. The van der Waals surface area contributed by atoms with Crippen molar-refractivity contribution in [1.82, 2.24) is 5.32 Å². The van der Waals surface area contributed by atoms with Gasteiger partial charge in [0, 0.05) is 5.56 Å². The van der Waals surface area contributed by atoms with E-state index >= 15 is 0 Å². The molecule has 0 heterocycles. The molecule has 2 aromatic rings. The molecule has 0 saturated carbocycles. The van der Waals surface area contributed by atoms with Crippen LogP contribution in [0.25, 0.3) is 10.8 Å². The molecular formula is C15H15NO3. The summed E-state index contributed by atoms with van der Waals surface area (Å²) >= 11 is 0. The van der Waals surface area contributed by atoms with Gasteiger partial charge in [-0.3, -0.25) is 9.59 Å². The molecule has 0 amide bonds. The van der Waals surface area contributed by atoms with E-state index in [1.54, 1.807) is 19.2 Å². The Labute approximate surface area is 111 Å². The largest absolute Gasteiger partial charge is 0.481 e. The third-order valence-electron chi connectivity index (χ3n) is 3.08. The van der Waals surface area contributed by atoms with E-state index in [4.69, 9.17) is 5.11 Å². The molecule has 0 aliphatic heterocycles. The minimum absolute atomic E-state index is 0.198. The average molecular weight is 257 g/mol. The van der Waals surface area contributed by atoms with Gasteiger partial charge < -0.3 is 10.4 Å². The van der Waals surface area contributed by atoms with Crippen molar-refractivity contribution in [2.24, 2.45) is 0 Å². The smallest absolute Gasteiger partial charge is 0.305 e. The van der Waals surface area contributed by atoms with E-state index in [2.05, 4.69) is 5.32 Å². The van der Waals surface area contributed by atoms with Gasteiger partial charge in [-0.05, 0) is 23.9 Å². The number of Topliss-reactive ketones (excluding diaryl/α,β-unsaturated/α-hetero) is 1. The second-order valence-corrected chi connectivity index (χ2v) is 4.37. The van der Waals surface area contributed by atoms with Gasteiger partial charge in [-0.25, -0.2) is 0 Å². The van der Waals surface area contributed by atoms with Crippen LogP contribution in [-0.2, 0) is 4.79 Å². The Hall–Kier alpha value is -2.20. The molecule has 4 nitrogen and oxygen atoms in total. The number of carboxylic acids is 1. The second-order valence-electron chi connectivity index (χ2n) is 4.37. The highest BCUT2D eigenvalue weighted by atomic mass is 16.4. The minimum Gasteiger partial charge on any atom is -0.481 e. The molecule has 0 aliphatic carbocycles. The second kappa shape index (κ2) is 5.63. The molecule has 0 saturated heterocycles. The Balaban J connectivity index is 2.32. The summed E-state index contributed by atoms with van der Waals surface area (Å²) in [5, 5.41) is 13.6. The summed E-state index contributed by atoms with van der Waals surface area (Å²) in [6.07, 6.45) is -0.220. The number of hydrogen-bond acceptors (Lipinski definition) is 3. The van der Waals surface area contributed by atoms with E-state index in [1.165, 1.54) is 0 Å². The maximum Gasteiger partial charge on any atom is 0.305 e. The molecule has 0 fully saturated rings. The lowest BCUT2D eigenvalue weighted by atomic mass is 9.99. The number of hydrogen-bond donors (Lipinski definition) is 2. The molecule has 0 aromatic heterocycles. The first-order valence-corrected chi connectivity index (χ1v) is 6.04. The molecule has 19 heavy (non-hydrogen) atoms. The van der Waals surface area contributed by atoms with Crippen LogP contribution in [0.4, 0.5) is 0 Å². The van der Waals surface area contributed by atoms with Crippen molar-refractivity contribution < 1.29 is 14.7 Å². The number of nitrogens with one attached hydrogen (secondary N) is 1. The van der Waals surface area contributed by atoms with Crippen LogP contribution in [0.15, 0.2) is 42.5 Å². The fourth-order valence-corrected chi connectivity index (χ4v) is 2.04. The Kier molecular flexibility index (Phi) is 3.92. The Morgan fingerprint density at radius 1 is 1.16 bits per heavy atom. The normalized spacial score (nSPS) is 12.3. The van der Waals surface area contributed by atoms with Gasteiger partial charge in [-0.15, -0.1) is 0 Å². The summed E-state index contributed by atoms with van der Waals surface area (Å²) in [4.78, 5) is 23.0. The molecule has 2 N–H and O–H groups in total. The summed E-state index contributed by atoms with van der Waals surface area (Å²) in [5.41, 5.74) is 0.527. The molecule has 2 rings (SSSR count). The number of fused-ring (bicyclic) bond motifs is 1. The summed E-state index contributed by atoms with van der Waals surface area (Å²) in [6.45, 7) is 0. The van der Waals surface area contributed by atoms with Crippen LogP contribution in [0, 0.1) is 0 Å². The molecule has 1 unspecified atom stereocenters. The van der Waals surface area contributed by atoms with Crippen LogP contribution in [-0.4, -0.2) is 29.9 Å². The molecule has 0 aliphatic rings. The number of aliphatic carboxylic acids is 1. The standard InChI is InChI=1S/C15H15NO3/c1-16-13(9-14(17)18)15(19)12-7-6-10-4-2-3-5-11(10)8-12/h2-8,13,16H,9H2,1H3,(H,17,18). The number of carbonyl (C=O) groups is 2. The van der Waals surface area contributed by atoms with Gasteiger partial charge in [0.25, 0.3) is 0 Å². The fourth-order valence-electron chi connectivity index (χ4n) is 2.04. The van der Waals surface area contributed by atoms with E-state index in [1.807, 2.05) is 30.3 Å². The van der Waals surface area contributed by atoms with Gasteiger partial charge in [0.1, 0.15) is 0 Å². The Bertz CT molecular complexity index is 622. The van der Waals surface area contributed by atoms with E-state index in [0.29, 0.717) is 5.56 Å². The van der Waals surface area contributed by atoms with E-state index in [0.717, 1.165) is 10.8 Å². The Morgan fingerprint density at radius 3 is 2.47 bits per heavy atom. The number of carbonyl (C=O) groups excluding carboxylic acids is 1. The molecule has 1 atom stereocenters.